The molecule has 2 heterocycles. The predicted molar refractivity (Wildman–Crippen MR) is 366 cm³/mol. The topological polar surface area (TPSA) is 32.3 Å². The second-order valence-corrected chi connectivity index (χ2v) is 25.1. The van der Waals surface area contributed by atoms with Crippen LogP contribution >= 0.6 is 0 Å². The summed E-state index contributed by atoms with van der Waals surface area (Å²) in [6.45, 7) is 14.2. The Labute approximate surface area is 511 Å². The van der Waals surface area contributed by atoms with Gasteiger partial charge in [0.1, 0.15) is 11.6 Å². The van der Waals surface area contributed by atoms with E-state index < -0.39 is 0 Å². The van der Waals surface area contributed by atoms with Gasteiger partial charge in [0.15, 0.2) is 0 Å². The van der Waals surface area contributed by atoms with Gasteiger partial charge in [-0.15, -0.1) is 0 Å². The number of aromatic nitrogens is 2. The van der Waals surface area contributed by atoms with Crippen LogP contribution in [0, 0.1) is 0 Å². The Morgan fingerprint density at radius 1 is 0.253 bits per heavy atom. The van der Waals surface area contributed by atoms with Crippen molar-refractivity contribution in [1.29, 1.82) is 0 Å². The summed E-state index contributed by atoms with van der Waals surface area (Å²) in [5, 5.41) is 0. The normalized spacial score (nSPS) is 14.3. The lowest BCUT2D eigenvalue weighted by atomic mass is 9.81. The minimum Gasteiger partial charge on any atom is -0.295 e. The van der Waals surface area contributed by atoms with Gasteiger partial charge in [0.25, 0.3) is 0 Å². The van der Waals surface area contributed by atoms with E-state index in [0.29, 0.717) is 0 Å². The lowest BCUT2D eigenvalue weighted by Crippen LogP contribution is -2.17. The molecule has 4 heteroatoms. The summed E-state index contributed by atoms with van der Waals surface area (Å²) in [4.78, 5) is 14.2. The van der Waals surface area contributed by atoms with Crippen LogP contribution in [0.25, 0.3) is 79.9 Å². The molecule has 0 bridgehead atoms. The summed E-state index contributed by atoms with van der Waals surface area (Å²) < 4.78 is 0. The second kappa shape index (κ2) is 21.0. The van der Waals surface area contributed by atoms with E-state index in [1.165, 1.54) is 111 Å². The molecule has 0 amide bonds. The molecule has 0 N–H and O–H groups in total. The maximum absolute atomic E-state index is 4.85. The largest absolute Gasteiger partial charge is 0.295 e. The molecule has 3 aliphatic rings. The molecule has 0 saturated heterocycles. The van der Waals surface area contributed by atoms with E-state index in [1.807, 2.05) is 24.5 Å². The molecule has 0 radical (unpaired) electrons. The van der Waals surface area contributed by atoms with Gasteiger partial charge in [-0.1, -0.05) is 248 Å². The molecule has 4 nitrogen and oxygen atoms in total. The summed E-state index contributed by atoms with van der Waals surface area (Å²) in [5.74, 6) is 1.76. The van der Waals surface area contributed by atoms with Gasteiger partial charge in [0.05, 0.1) is 0 Å². The van der Waals surface area contributed by atoms with Crippen molar-refractivity contribution >= 4 is 58.7 Å². The molecule has 15 rings (SSSR count). The minimum absolute atomic E-state index is 0.168. The van der Waals surface area contributed by atoms with Gasteiger partial charge in [-0.25, -0.2) is 9.97 Å². The monoisotopic (exact) mass is 1120 g/mol. The summed E-state index contributed by atoms with van der Waals surface area (Å²) in [7, 11) is 0. The van der Waals surface area contributed by atoms with Crippen molar-refractivity contribution in [1.82, 2.24) is 9.97 Å². The van der Waals surface area contributed by atoms with Gasteiger partial charge in [0.2, 0.25) is 0 Å². The van der Waals surface area contributed by atoms with Crippen molar-refractivity contribution in [3.63, 3.8) is 0 Å². The minimum atomic E-state index is -0.214. The average Bonchev–Trinajstić information content (AvgIpc) is 1.68. The van der Waals surface area contributed by atoms with Crippen molar-refractivity contribution in [2.75, 3.05) is 9.80 Å². The molecule has 418 valence electrons. The van der Waals surface area contributed by atoms with E-state index in [2.05, 4.69) is 318 Å². The number of nitrogens with zero attached hydrogens (tertiary/aromatic N) is 4. The Hall–Kier alpha value is -10.4. The quantitative estimate of drug-likeness (QED) is 0.114. The third-order valence-corrected chi connectivity index (χ3v) is 18.8. The average molecular weight is 1120 g/mol. The maximum atomic E-state index is 4.85. The second-order valence-electron chi connectivity index (χ2n) is 25.1. The molecule has 0 aliphatic heterocycles. The highest BCUT2D eigenvalue weighted by Gasteiger charge is 2.39. The number of hydrogen-bond donors (Lipinski definition) is 0. The molecule has 10 aromatic carbocycles. The first-order valence-electron chi connectivity index (χ1n) is 30.3. The van der Waals surface area contributed by atoms with Crippen LogP contribution < -0.4 is 9.80 Å². The van der Waals surface area contributed by atoms with E-state index in [1.54, 1.807) is 0 Å². The molecule has 2 aromatic heterocycles. The fourth-order valence-electron chi connectivity index (χ4n) is 14.0. The highest BCUT2D eigenvalue weighted by Crippen LogP contribution is 2.54. The van der Waals surface area contributed by atoms with Gasteiger partial charge in [0, 0.05) is 51.4 Å². The number of hydrogen-bond acceptors (Lipinski definition) is 4. The van der Waals surface area contributed by atoms with Crippen LogP contribution in [0.3, 0.4) is 0 Å². The summed E-state index contributed by atoms with van der Waals surface area (Å²) >= 11 is 0. The highest BCUT2D eigenvalue weighted by molar-refractivity contribution is 5.90. The third kappa shape index (κ3) is 9.32. The standard InChI is InChI=1S/C83H66N4/c1-81(2)73-49-55(23-25-57-29-43-69-71-45-39-65(53-77(71)82(3,4)75(69)51-57)86(79-21-13-15-47-84-79)63-35-31-61(32-36-63)59-17-9-7-10-18-59)27-41-67(73)68-42-28-56(50-74(68)81)24-26-58-30-44-70-72-46-40-66(54-78(72)83(5,6)76(70)52-58)87(80-22-14-16-48-85-80)64-37-33-62(34-38-64)60-19-11-8-12-20-60/h7-54H,1-6H3. The first-order chi connectivity index (χ1) is 42.4. The van der Waals surface area contributed by atoms with E-state index in [4.69, 9.17) is 9.97 Å². The first-order valence-corrected chi connectivity index (χ1v) is 30.3. The van der Waals surface area contributed by atoms with Crippen molar-refractivity contribution in [2.24, 2.45) is 0 Å². The van der Waals surface area contributed by atoms with Gasteiger partial charge >= 0.3 is 0 Å². The zero-order chi connectivity index (χ0) is 59.0. The number of pyridine rings is 2. The van der Waals surface area contributed by atoms with E-state index in [9.17, 15) is 0 Å². The predicted octanol–water partition coefficient (Wildman–Crippen LogP) is 22.0. The van der Waals surface area contributed by atoms with Crippen LogP contribution in [-0.4, -0.2) is 9.97 Å². The summed E-state index contributed by atoms with van der Waals surface area (Å²) in [6, 6.07) is 92.9. The fraction of sp³-hybridized carbons (Fsp3) is 0.108. The van der Waals surface area contributed by atoms with Crippen molar-refractivity contribution in [2.45, 2.75) is 57.8 Å². The Balaban J connectivity index is 0.653. The molecule has 0 spiro atoms. The summed E-state index contributed by atoms with van der Waals surface area (Å²) in [5.41, 5.74) is 29.1. The Morgan fingerprint density at radius 3 is 0.816 bits per heavy atom. The Kier molecular flexibility index (Phi) is 12.9. The molecular formula is C83H66N4. The van der Waals surface area contributed by atoms with Crippen molar-refractivity contribution < 1.29 is 0 Å². The third-order valence-electron chi connectivity index (χ3n) is 18.8. The zero-order valence-corrected chi connectivity index (χ0v) is 50.0. The molecule has 0 unspecified atom stereocenters. The van der Waals surface area contributed by atoms with Gasteiger partial charge < -0.3 is 0 Å². The van der Waals surface area contributed by atoms with Crippen LogP contribution in [-0.2, 0) is 16.2 Å². The van der Waals surface area contributed by atoms with Crippen LogP contribution in [0.15, 0.2) is 267 Å². The van der Waals surface area contributed by atoms with E-state index >= 15 is 0 Å². The van der Waals surface area contributed by atoms with Crippen molar-refractivity contribution in [3.8, 4) is 55.6 Å². The molecule has 0 saturated carbocycles. The van der Waals surface area contributed by atoms with Gasteiger partial charge in [-0.05, 0) is 184 Å². The number of benzene rings is 10. The van der Waals surface area contributed by atoms with Crippen molar-refractivity contribution in [3.05, 3.63) is 323 Å². The molecule has 3 aliphatic carbocycles. The lowest BCUT2D eigenvalue weighted by Gasteiger charge is -2.27. The highest BCUT2D eigenvalue weighted by atomic mass is 15.2. The Morgan fingerprint density at radius 2 is 0.517 bits per heavy atom. The first kappa shape index (κ1) is 53.3. The molecule has 0 fully saturated rings. The maximum Gasteiger partial charge on any atom is 0.137 e. The molecule has 12 aromatic rings. The fourth-order valence-corrected chi connectivity index (χ4v) is 14.0. The van der Waals surface area contributed by atoms with E-state index in [-0.39, 0.29) is 16.2 Å². The number of anilines is 6. The van der Waals surface area contributed by atoms with Gasteiger partial charge in [-0.3, -0.25) is 9.80 Å². The van der Waals surface area contributed by atoms with Crippen LogP contribution in [0.2, 0.25) is 0 Å². The number of rotatable bonds is 12. The van der Waals surface area contributed by atoms with Crippen LogP contribution in [0.4, 0.5) is 34.4 Å². The van der Waals surface area contributed by atoms with E-state index in [0.717, 1.165) is 34.4 Å². The SMILES string of the molecule is CC1(C)c2cc(C=Cc3ccc4c(c3)C(C)(C)c3cc(N(c5ccc(-c6ccccc6)cc5)c5ccccn5)ccc3-4)ccc2-c2ccc(C=Cc3ccc4c(c3)C(C)(C)c3cc(N(c5ccc(-c6ccccc6)cc5)c5ccccn5)ccc3-4)cc21. The summed E-state index contributed by atoms with van der Waals surface area (Å²) in [6.07, 6.45) is 12.9. The van der Waals surface area contributed by atoms with Gasteiger partial charge in [-0.2, -0.15) is 0 Å². The molecule has 0 atom stereocenters. The van der Waals surface area contributed by atoms with Crippen LogP contribution in [0.5, 0.6) is 0 Å². The Bertz CT molecular complexity index is 4370. The smallest absolute Gasteiger partial charge is 0.137 e. The molecular weight excluding hydrogens is 1050 g/mol. The molecule has 87 heavy (non-hydrogen) atoms. The lowest BCUT2D eigenvalue weighted by molar-refractivity contribution is 0.660. The zero-order valence-electron chi connectivity index (χ0n) is 50.0. The number of fused-ring (bicyclic) bond motifs is 9. The van der Waals surface area contributed by atoms with Crippen LogP contribution in [0.1, 0.15) is 97.2 Å².